The van der Waals surface area contributed by atoms with Crippen molar-refractivity contribution in [3.05, 3.63) is 47.5 Å². The van der Waals surface area contributed by atoms with E-state index in [0.717, 1.165) is 5.56 Å². The molecule has 0 radical (unpaired) electrons. The molecule has 0 bridgehead atoms. The lowest BCUT2D eigenvalue weighted by atomic mass is 10.1. The van der Waals surface area contributed by atoms with Gasteiger partial charge in [0.2, 0.25) is 5.91 Å². The number of halogens is 3. The molecule has 2 N–H and O–H groups in total. The Hall–Kier alpha value is -2.35. The van der Waals surface area contributed by atoms with Crippen LogP contribution in [0.1, 0.15) is 41.6 Å². The van der Waals surface area contributed by atoms with Crippen LogP contribution in [0, 0.1) is 0 Å². The number of carbonyl (C=O) groups is 2. The van der Waals surface area contributed by atoms with Gasteiger partial charge in [-0.2, -0.15) is 13.2 Å². The quantitative estimate of drug-likeness (QED) is 0.674. The average molecular weight is 385 g/mol. The highest BCUT2D eigenvalue weighted by atomic mass is 19.4. The van der Waals surface area contributed by atoms with Crippen molar-refractivity contribution in [3.8, 4) is 0 Å². The van der Waals surface area contributed by atoms with Gasteiger partial charge in [0.15, 0.2) is 0 Å². The number of likely N-dealkylation sites (tertiary alicyclic amines) is 1. The zero-order valence-electron chi connectivity index (χ0n) is 14.7. The Morgan fingerprint density at radius 1 is 1.30 bits per heavy atom. The van der Waals surface area contributed by atoms with Crippen LogP contribution in [-0.4, -0.2) is 51.9 Å². The monoisotopic (exact) mass is 385 g/mol. The molecule has 148 valence electrons. The summed E-state index contributed by atoms with van der Waals surface area (Å²) in [5.74, 6) is -1.05. The Kier molecular flexibility index (Phi) is 7.01. The Balaban J connectivity index is 1.89. The number of hydrogen-bond donors (Lipinski definition) is 2. The summed E-state index contributed by atoms with van der Waals surface area (Å²) in [6.07, 6.45) is -2.61. The van der Waals surface area contributed by atoms with Crippen LogP contribution in [0.5, 0.6) is 0 Å². The molecule has 1 aromatic rings. The van der Waals surface area contributed by atoms with Crippen LogP contribution in [0.2, 0.25) is 0 Å². The summed E-state index contributed by atoms with van der Waals surface area (Å²) in [6.45, 7) is 0.416. The second kappa shape index (κ2) is 9.03. The van der Waals surface area contributed by atoms with E-state index in [0.29, 0.717) is 25.8 Å². The highest BCUT2D eigenvalue weighted by molar-refractivity contribution is 5.87. The van der Waals surface area contributed by atoms with E-state index in [1.165, 1.54) is 18.2 Å². The molecule has 5 nitrogen and oxygen atoms in total. The fourth-order valence-electron chi connectivity index (χ4n) is 2.97. The number of carbonyl (C=O) groups excluding carboxylic acids is 1. The van der Waals surface area contributed by atoms with Gasteiger partial charge < -0.3 is 15.1 Å². The second-order valence-electron chi connectivity index (χ2n) is 6.55. The van der Waals surface area contributed by atoms with E-state index in [-0.39, 0.29) is 17.5 Å². The highest BCUT2D eigenvalue weighted by Crippen LogP contribution is 2.24. The van der Waals surface area contributed by atoms with Gasteiger partial charge in [0.25, 0.3) is 0 Å². The summed E-state index contributed by atoms with van der Waals surface area (Å²) in [5.41, 5.74) is 1.07. The van der Waals surface area contributed by atoms with Crippen molar-refractivity contribution in [2.45, 2.75) is 50.4 Å². The third-order valence-electron chi connectivity index (χ3n) is 4.50. The van der Waals surface area contributed by atoms with Gasteiger partial charge in [-0.1, -0.05) is 24.3 Å². The molecule has 8 heteroatoms. The molecule has 2 atom stereocenters. The van der Waals surface area contributed by atoms with E-state index in [1.807, 2.05) is 0 Å². The number of aliphatic hydroxyl groups excluding tert-OH is 1. The van der Waals surface area contributed by atoms with Gasteiger partial charge in [0.1, 0.15) is 0 Å². The number of rotatable bonds is 8. The van der Waals surface area contributed by atoms with Gasteiger partial charge >= 0.3 is 12.1 Å². The lowest BCUT2D eigenvalue weighted by Crippen LogP contribution is -2.33. The molecule has 1 fully saturated rings. The number of aromatic carboxylic acids is 1. The van der Waals surface area contributed by atoms with Crippen LogP contribution >= 0.6 is 0 Å². The molecule has 0 saturated carbocycles. The maximum Gasteiger partial charge on any atom is 0.389 e. The zero-order valence-corrected chi connectivity index (χ0v) is 14.7. The van der Waals surface area contributed by atoms with Gasteiger partial charge in [-0.05, 0) is 37.0 Å². The van der Waals surface area contributed by atoms with Crippen molar-refractivity contribution in [1.29, 1.82) is 0 Å². The molecule has 1 aliphatic rings. The number of aliphatic hydroxyl groups is 1. The molecule has 1 saturated heterocycles. The lowest BCUT2D eigenvalue weighted by molar-refractivity contribution is -0.138. The largest absolute Gasteiger partial charge is 0.478 e. The number of benzene rings is 1. The third-order valence-corrected chi connectivity index (χ3v) is 4.50. The van der Waals surface area contributed by atoms with Gasteiger partial charge in [-0.25, -0.2) is 4.79 Å². The summed E-state index contributed by atoms with van der Waals surface area (Å²) in [4.78, 5) is 24.5. The normalized spacial score (nSPS) is 19.0. The maximum atomic E-state index is 12.2. The number of carboxylic acids is 1. The Morgan fingerprint density at radius 2 is 1.96 bits per heavy atom. The smallest absolute Gasteiger partial charge is 0.389 e. The first kappa shape index (κ1) is 21.0. The average Bonchev–Trinajstić information content (AvgIpc) is 2.96. The Morgan fingerprint density at radius 3 is 2.56 bits per heavy atom. The van der Waals surface area contributed by atoms with Gasteiger partial charge in [0, 0.05) is 19.4 Å². The molecule has 1 aliphatic heterocycles. The number of amides is 1. The fourth-order valence-corrected chi connectivity index (χ4v) is 2.97. The molecular formula is C19H22F3NO4. The van der Waals surface area contributed by atoms with E-state index >= 15 is 0 Å². The van der Waals surface area contributed by atoms with Gasteiger partial charge in [0.05, 0.1) is 17.7 Å². The molecule has 0 spiro atoms. The fraction of sp³-hybridized carbons (Fsp3) is 0.474. The first-order valence-electron chi connectivity index (χ1n) is 8.70. The minimum Gasteiger partial charge on any atom is -0.478 e. The Labute approximate surface area is 155 Å². The van der Waals surface area contributed by atoms with Gasteiger partial charge in [-0.3, -0.25) is 4.79 Å². The van der Waals surface area contributed by atoms with Crippen LogP contribution in [0.3, 0.4) is 0 Å². The van der Waals surface area contributed by atoms with Gasteiger partial charge in [-0.15, -0.1) is 0 Å². The summed E-state index contributed by atoms with van der Waals surface area (Å²) < 4.78 is 36.5. The van der Waals surface area contributed by atoms with Crippen LogP contribution in [0.4, 0.5) is 13.2 Å². The van der Waals surface area contributed by atoms with Crippen LogP contribution in [0.25, 0.3) is 0 Å². The molecule has 0 aromatic heterocycles. The number of hydrogen-bond acceptors (Lipinski definition) is 3. The number of alkyl halides is 3. The van der Waals surface area contributed by atoms with E-state index in [9.17, 15) is 27.9 Å². The second-order valence-corrected chi connectivity index (χ2v) is 6.55. The predicted molar refractivity (Wildman–Crippen MR) is 92.3 cm³/mol. The zero-order chi connectivity index (χ0) is 20.0. The lowest BCUT2D eigenvalue weighted by Gasteiger charge is -2.23. The first-order valence-corrected chi connectivity index (χ1v) is 8.70. The minimum absolute atomic E-state index is 0.0448. The highest BCUT2D eigenvalue weighted by Gasteiger charge is 2.30. The van der Waals surface area contributed by atoms with E-state index < -0.39 is 31.1 Å². The predicted octanol–water partition coefficient (Wildman–Crippen LogP) is 3.18. The Bertz CT molecular complexity index is 685. The van der Waals surface area contributed by atoms with Crippen molar-refractivity contribution in [3.63, 3.8) is 0 Å². The molecule has 27 heavy (non-hydrogen) atoms. The van der Waals surface area contributed by atoms with Crippen LogP contribution in [-0.2, 0) is 11.2 Å². The molecular weight excluding hydrogens is 363 g/mol. The molecule has 1 aromatic carbocycles. The summed E-state index contributed by atoms with van der Waals surface area (Å²) in [5, 5.41) is 18.6. The molecule has 0 aliphatic carbocycles. The topological polar surface area (TPSA) is 77.8 Å². The molecule has 1 amide bonds. The van der Waals surface area contributed by atoms with E-state index in [2.05, 4.69) is 0 Å². The van der Waals surface area contributed by atoms with E-state index in [1.54, 1.807) is 23.1 Å². The van der Waals surface area contributed by atoms with Crippen molar-refractivity contribution in [1.82, 2.24) is 4.90 Å². The van der Waals surface area contributed by atoms with Crippen molar-refractivity contribution in [2.24, 2.45) is 0 Å². The summed E-state index contributed by atoms with van der Waals surface area (Å²) >= 11 is 0. The first-order chi connectivity index (χ1) is 12.7. The maximum absolute atomic E-state index is 12.2. The molecule has 2 rings (SSSR count). The molecule has 2 unspecified atom stereocenters. The number of carboxylic acid groups (broad SMARTS) is 1. The number of nitrogens with zero attached hydrogens (tertiary/aromatic N) is 1. The molecule has 1 heterocycles. The minimum atomic E-state index is -4.31. The van der Waals surface area contributed by atoms with Crippen molar-refractivity contribution < 1.29 is 33.0 Å². The van der Waals surface area contributed by atoms with Crippen LogP contribution < -0.4 is 0 Å². The van der Waals surface area contributed by atoms with E-state index in [4.69, 9.17) is 5.11 Å². The third kappa shape index (κ3) is 6.71. The SMILES string of the molecule is O=C(O)c1ccc(CCN2C(=O)CCC2C=CC(O)CCC(F)(F)F)cc1. The standard InChI is InChI=1S/C19H22F3NO4/c20-19(21,22)11-9-16(24)7-5-15-6-8-17(25)23(15)12-10-13-1-3-14(4-2-13)18(26)27/h1-5,7,15-16,24H,6,8-12H2,(H,26,27). The summed E-state index contributed by atoms with van der Waals surface area (Å²) in [7, 11) is 0. The van der Waals surface area contributed by atoms with Crippen LogP contribution in [0.15, 0.2) is 36.4 Å². The van der Waals surface area contributed by atoms with Crippen molar-refractivity contribution in [2.75, 3.05) is 6.54 Å². The van der Waals surface area contributed by atoms with Crippen molar-refractivity contribution >= 4 is 11.9 Å². The summed E-state index contributed by atoms with van der Waals surface area (Å²) in [6, 6.07) is 6.12.